The monoisotopic (exact) mass is 303 g/mol. The van der Waals surface area contributed by atoms with Crippen LogP contribution in [-0.2, 0) is 0 Å². The van der Waals surface area contributed by atoms with Gasteiger partial charge in [0.25, 0.3) is 5.91 Å². The van der Waals surface area contributed by atoms with Gasteiger partial charge in [0, 0.05) is 5.56 Å². The summed E-state index contributed by atoms with van der Waals surface area (Å²) in [5.41, 5.74) is 1.41. The minimum Gasteiger partial charge on any atom is -0.384 e. The second kappa shape index (κ2) is 7.02. The highest BCUT2D eigenvalue weighted by Gasteiger charge is 2.15. The van der Waals surface area contributed by atoms with E-state index in [-0.39, 0.29) is 18.2 Å². The number of carbonyl (C=O) groups is 1. The van der Waals surface area contributed by atoms with Crippen molar-refractivity contribution >= 4 is 17.2 Å². The summed E-state index contributed by atoms with van der Waals surface area (Å²) >= 11 is 1.54. The number of hydrogen-bond donors (Lipinski definition) is 2. The van der Waals surface area contributed by atoms with Crippen molar-refractivity contribution in [3.05, 3.63) is 57.5 Å². The maximum Gasteiger partial charge on any atom is 0.254 e. The van der Waals surface area contributed by atoms with Gasteiger partial charge >= 0.3 is 0 Å². The number of aliphatic hydroxyl groups excluding tert-OH is 1. The summed E-state index contributed by atoms with van der Waals surface area (Å²) in [7, 11) is 0. The largest absolute Gasteiger partial charge is 0.384 e. The summed E-state index contributed by atoms with van der Waals surface area (Å²) in [5, 5.41) is 15.3. The number of halogens is 1. The highest BCUT2D eigenvalue weighted by molar-refractivity contribution is 7.07. The lowest BCUT2D eigenvalue weighted by molar-refractivity contribution is 0.0936. The smallest absolute Gasteiger partial charge is 0.254 e. The number of rotatable bonds is 3. The molecule has 1 atom stereocenters. The minimum atomic E-state index is -0.598. The number of carbonyl (C=O) groups excluding carboxylic acids is 1. The molecule has 0 radical (unpaired) electrons. The van der Waals surface area contributed by atoms with Crippen LogP contribution in [0.1, 0.15) is 34.5 Å². The van der Waals surface area contributed by atoms with Gasteiger partial charge in [-0.15, -0.1) is 0 Å². The van der Waals surface area contributed by atoms with Crippen LogP contribution in [0.15, 0.2) is 35.0 Å². The first kappa shape index (κ1) is 15.2. The molecule has 1 aromatic carbocycles. The zero-order chi connectivity index (χ0) is 15.2. The second-order valence-electron chi connectivity index (χ2n) is 4.41. The Labute approximate surface area is 126 Å². The number of thiophene rings is 1. The Hall–Kier alpha value is -2.16. The highest BCUT2D eigenvalue weighted by atomic mass is 32.1. The first-order valence-corrected chi connectivity index (χ1v) is 7.28. The maximum absolute atomic E-state index is 13.8. The molecule has 0 bridgehead atoms. The van der Waals surface area contributed by atoms with E-state index in [1.54, 1.807) is 0 Å². The Bertz CT molecular complexity index is 686. The molecular weight excluding hydrogens is 289 g/mol. The van der Waals surface area contributed by atoms with Crippen LogP contribution in [0.3, 0.4) is 0 Å². The topological polar surface area (TPSA) is 49.3 Å². The average Bonchev–Trinajstić information content (AvgIpc) is 3.00. The molecule has 5 heteroatoms. The zero-order valence-corrected chi connectivity index (χ0v) is 12.2. The van der Waals surface area contributed by atoms with E-state index in [4.69, 9.17) is 5.11 Å². The van der Waals surface area contributed by atoms with E-state index in [1.807, 2.05) is 23.8 Å². The van der Waals surface area contributed by atoms with Crippen molar-refractivity contribution in [2.45, 2.75) is 13.0 Å². The van der Waals surface area contributed by atoms with Crippen molar-refractivity contribution in [2.75, 3.05) is 6.61 Å². The molecule has 1 aromatic heterocycles. The van der Waals surface area contributed by atoms with Gasteiger partial charge in [-0.1, -0.05) is 11.8 Å². The Morgan fingerprint density at radius 1 is 1.48 bits per heavy atom. The maximum atomic E-state index is 13.8. The Balaban J connectivity index is 2.18. The lowest BCUT2D eigenvalue weighted by Gasteiger charge is -2.13. The molecular formula is C16H14FNO2S. The van der Waals surface area contributed by atoms with Gasteiger partial charge in [0.1, 0.15) is 12.4 Å². The van der Waals surface area contributed by atoms with E-state index in [1.165, 1.54) is 29.5 Å². The quantitative estimate of drug-likeness (QED) is 0.857. The standard InChI is InChI=1S/C16H14FNO2S/c1-11(13-6-8-21-10-13)18-16(20)14-9-12(3-2-7-19)4-5-15(14)17/h4-6,8-11,19H,7H2,1H3,(H,18,20). The second-order valence-corrected chi connectivity index (χ2v) is 5.19. The van der Waals surface area contributed by atoms with Gasteiger partial charge in [0.15, 0.2) is 0 Å². The van der Waals surface area contributed by atoms with Crippen molar-refractivity contribution in [1.82, 2.24) is 5.32 Å². The molecule has 0 spiro atoms. The minimum absolute atomic E-state index is 0.0539. The summed E-state index contributed by atoms with van der Waals surface area (Å²) in [6, 6.07) is 5.76. The molecule has 1 heterocycles. The molecule has 21 heavy (non-hydrogen) atoms. The molecule has 0 saturated heterocycles. The van der Waals surface area contributed by atoms with Gasteiger partial charge in [-0.25, -0.2) is 4.39 Å². The summed E-state index contributed by atoms with van der Waals surface area (Å²) < 4.78 is 13.8. The van der Waals surface area contributed by atoms with E-state index < -0.39 is 11.7 Å². The fourth-order valence-corrected chi connectivity index (χ4v) is 2.55. The number of hydrogen-bond acceptors (Lipinski definition) is 3. The van der Waals surface area contributed by atoms with Crippen LogP contribution in [0.4, 0.5) is 4.39 Å². The Morgan fingerprint density at radius 3 is 2.95 bits per heavy atom. The predicted octanol–water partition coefficient (Wildman–Crippen LogP) is 2.72. The van der Waals surface area contributed by atoms with Gasteiger partial charge in [-0.3, -0.25) is 4.79 Å². The molecule has 1 amide bonds. The fraction of sp³-hybridized carbons (Fsp3) is 0.188. The third kappa shape index (κ3) is 3.91. The first-order valence-electron chi connectivity index (χ1n) is 6.34. The molecule has 1 unspecified atom stereocenters. The summed E-state index contributed by atoms with van der Waals surface area (Å²) in [4.78, 5) is 12.2. The fourth-order valence-electron chi connectivity index (χ4n) is 1.80. The number of amides is 1. The van der Waals surface area contributed by atoms with Crippen molar-refractivity contribution < 1.29 is 14.3 Å². The SMILES string of the molecule is CC(NC(=O)c1cc(C#CCO)ccc1F)c1ccsc1. The molecule has 0 saturated carbocycles. The summed E-state index contributed by atoms with van der Waals surface area (Å²) in [6.07, 6.45) is 0. The van der Waals surface area contributed by atoms with Crippen LogP contribution in [-0.4, -0.2) is 17.6 Å². The van der Waals surface area contributed by atoms with Crippen LogP contribution < -0.4 is 5.32 Å². The third-order valence-electron chi connectivity index (χ3n) is 2.91. The molecule has 0 aliphatic carbocycles. The lowest BCUT2D eigenvalue weighted by atomic mass is 10.1. The van der Waals surface area contributed by atoms with Gasteiger partial charge in [-0.2, -0.15) is 11.3 Å². The van der Waals surface area contributed by atoms with Crippen molar-refractivity contribution in [3.8, 4) is 11.8 Å². The number of aliphatic hydroxyl groups is 1. The van der Waals surface area contributed by atoms with Crippen molar-refractivity contribution in [1.29, 1.82) is 0 Å². The molecule has 3 nitrogen and oxygen atoms in total. The number of benzene rings is 1. The van der Waals surface area contributed by atoms with Gasteiger partial charge in [0.05, 0.1) is 11.6 Å². The average molecular weight is 303 g/mol. The number of nitrogens with one attached hydrogen (secondary N) is 1. The van der Waals surface area contributed by atoms with Crippen LogP contribution in [0.5, 0.6) is 0 Å². The summed E-state index contributed by atoms with van der Waals surface area (Å²) in [6.45, 7) is 1.56. The molecule has 2 rings (SSSR count). The van der Waals surface area contributed by atoms with E-state index in [9.17, 15) is 9.18 Å². The molecule has 2 aromatic rings. The van der Waals surface area contributed by atoms with Gasteiger partial charge in [-0.05, 0) is 47.5 Å². The Kier molecular flexibility index (Phi) is 5.09. The highest BCUT2D eigenvalue weighted by Crippen LogP contribution is 2.17. The van der Waals surface area contributed by atoms with Crippen LogP contribution >= 0.6 is 11.3 Å². The Morgan fingerprint density at radius 2 is 2.29 bits per heavy atom. The van der Waals surface area contributed by atoms with Crippen molar-refractivity contribution in [3.63, 3.8) is 0 Å². The van der Waals surface area contributed by atoms with E-state index in [2.05, 4.69) is 17.2 Å². The van der Waals surface area contributed by atoms with E-state index in [0.29, 0.717) is 5.56 Å². The van der Waals surface area contributed by atoms with E-state index >= 15 is 0 Å². The van der Waals surface area contributed by atoms with Crippen molar-refractivity contribution in [2.24, 2.45) is 0 Å². The molecule has 2 N–H and O–H groups in total. The predicted molar refractivity (Wildman–Crippen MR) is 80.6 cm³/mol. The summed E-state index contributed by atoms with van der Waals surface area (Å²) in [5.74, 6) is 4.03. The van der Waals surface area contributed by atoms with Crippen LogP contribution in [0.2, 0.25) is 0 Å². The zero-order valence-electron chi connectivity index (χ0n) is 11.4. The molecule has 0 aliphatic rings. The molecule has 0 aliphatic heterocycles. The van der Waals surface area contributed by atoms with Gasteiger partial charge in [0.2, 0.25) is 0 Å². The van der Waals surface area contributed by atoms with E-state index in [0.717, 1.165) is 5.56 Å². The molecule has 0 fully saturated rings. The first-order chi connectivity index (χ1) is 10.1. The third-order valence-corrected chi connectivity index (χ3v) is 3.62. The molecule has 108 valence electrons. The lowest BCUT2D eigenvalue weighted by Crippen LogP contribution is -2.27. The van der Waals surface area contributed by atoms with Crippen LogP contribution in [0, 0.1) is 17.7 Å². The van der Waals surface area contributed by atoms with Crippen LogP contribution in [0.25, 0.3) is 0 Å². The van der Waals surface area contributed by atoms with Gasteiger partial charge < -0.3 is 10.4 Å². The normalized spacial score (nSPS) is 11.4.